The van der Waals surface area contributed by atoms with Gasteiger partial charge in [0, 0.05) is 18.5 Å². The highest BCUT2D eigenvalue weighted by Gasteiger charge is 2.44. The maximum absolute atomic E-state index is 13.5. The number of hydrogen-bond donors (Lipinski definition) is 1. The van der Waals surface area contributed by atoms with E-state index in [1.54, 1.807) is 6.07 Å². The van der Waals surface area contributed by atoms with Gasteiger partial charge >= 0.3 is 12.3 Å². The molecule has 202 valence electrons. The Kier molecular flexibility index (Phi) is 8.06. The Bertz CT molecular complexity index is 1040. The lowest BCUT2D eigenvalue weighted by molar-refractivity contribution is -0.137. The maximum atomic E-state index is 13.5. The van der Waals surface area contributed by atoms with E-state index in [2.05, 4.69) is 4.72 Å². The first-order chi connectivity index (χ1) is 16.9. The molecule has 1 aromatic carbocycles. The van der Waals surface area contributed by atoms with Crippen LogP contribution in [0.1, 0.15) is 62.5 Å². The summed E-state index contributed by atoms with van der Waals surface area (Å²) < 4.78 is 84.2. The molecule has 1 N–H and O–H groups in total. The van der Waals surface area contributed by atoms with Crippen LogP contribution in [-0.4, -0.2) is 69.7 Å². The largest absolute Gasteiger partial charge is 0.493 e. The summed E-state index contributed by atoms with van der Waals surface area (Å²) in [4.78, 5) is 14.5. The van der Waals surface area contributed by atoms with Gasteiger partial charge in [-0.1, -0.05) is 0 Å². The number of amides is 1. The van der Waals surface area contributed by atoms with Crippen LogP contribution in [0.5, 0.6) is 5.75 Å². The number of alkyl halides is 3. The van der Waals surface area contributed by atoms with Crippen LogP contribution < -0.4 is 9.46 Å². The second kappa shape index (κ2) is 10.7. The second-order valence-corrected chi connectivity index (χ2v) is 11.7. The van der Waals surface area contributed by atoms with E-state index in [-0.39, 0.29) is 50.1 Å². The van der Waals surface area contributed by atoms with Crippen molar-refractivity contribution in [2.24, 2.45) is 0 Å². The van der Waals surface area contributed by atoms with Gasteiger partial charge in [0.2, 0.25) is 10.0 Å². The van der Waals surface area contributed by atoms with Crippen LogP contribution in [0.25, 0.3) is 0 Å². The van der Waals surface area contributed by atoms with Gasteiger partial charge in [0.1, 0.15) is 5.75 Å². The van der Waals surface area contributed by atoms with Crippen molar-refractivity contribution in [3.8, 4) is 5.75 Å². The average Bonchev–Trinajstić information content (AvgIpc) is 3.09. The van der Waals surface area contributed by atoms with Crippen molar-refractivity contribution in [1.29, 1.82) is 0 Å². The first-order valence-electron chi connectivity index (χ1n) is 12.3. The van der Waals surface area contributed by atoms with Crippen molar-refractivity contribution < 1.29 is 40.6 Å². The van der Waals surface area contributed by atoms with Gasteiger partial charge in [0.15, 0.2) is 0 Å². The van der Waals surface area contributed by atoms with E-state index in [0.717, 1.165) is 12.3 Å². The highest BCUT2D eigenvalue weighted by molar-refractivity contribution is 7.88. The minimum Gasteiger partial charge on any atom is -0.493 e. The normalized spacial score (nSPS) is 30.3. The minimum atomic E-state index is -4.48. The predicted molar refractivity (Wildman–Crippen MR) is 125 cm³/mol. The van der Waals surface area contributed by atoms with Crippen LogP contribution in [0.4, 0.5) is 18.0 Å². The van der Waals surface area contributed by atoms with E-state index in [1.807, 2.05) is 6.92 Å². The van der Waals surface area contributed by atoms with E-state index >= 15 is 0 Å². The van der Waals surface area contributed by atoms with Gasteiger partial charge < -0.3 is 14.2 Å². The molecule has 36 heavy (non-hydrogen) atoms. The molecule has 1 aliphatic carbocycles. The molecule has 2 fully saturated rings. The molecule has 5 rings (SSSR count). The zero-order valence-corrected chi connectivity index (χ0v) is 21.2. The van der Waals surface area contributed by atoms with Gasteiger partial charge in [-0.3, -0.25) is 4.90 Å². The molecule has 1 saturated heterocycles. The number of rotatable bonds is 2. The number of nitrogens with zero attached hydrogens (tertiary/aromatic N) is 1. The minimum absolute atomic E-state index is 0.0108. The summed E-state index contributed by atoms with van der Waals surface area (Å²) in [7, 11) is -3.51. The number of carbonyl (C=O) groups excluding carboxylic acids is 1. The van der Waals surface area contributed by atoms with E-state index in [0.29, 0.717) is 37.7 Å². The lowest BCUT2D eigenvalue weighted by Crippen LogP contribution is -2.50. The van der Waals surface area contributed by atoms with Crippen LogP contribution in [0.15, 0.2) is 18.2 Å². The Labute approximate surface area is 209 Å². The average molecular weight is 535 g/mol. The van der Waals surface area contributed by atoms with Crippen LogP contribution in [0.2, 0.25) is 0 Å². The van der Waals surface area contributed by atoms with Crippen LogP contribution >= 0.6 is 0 Å². The number of ether oxygens (including phenoxy) is 3. The summed E-state index contributed by atoms with van der Waals surface area (Å²) in [5, 5.41) is 0. The molecule has 1 aromatic rings. The van der Waals surface area contributed by atoms with E-state index in [9.17, 15) is 26.4 Å². The molecule has 4 aliphatic rings. The van der Waals surface area contributed by atoms with Crippen LogP contribution in [0.3, 0.4) is 0 Å². The van der Waals surface area contributed by atoms with E-state index < -0.39 is 39.9 Å². The molecule has 1 saturated carbocycles. The third kappa shape index (κ3) is 6.63. The summed E-state index contributed by atoms with van der Waals surface area (Å²) >= 11 is 0. The first kappa shape index (κ1) is 27.0. The first-order valence-corrected chi connectivity index (χ1v) is 14.2. The van der Waals surface area contributed by atoms with Gasteiger partial charge in [0.25, 0.3) is 0 Å². The number of halogens is 3. The number of sulfonamides is 1. The Morgan fingerprint density at radius 2 is 1.75 bits per heavy atom. The smallest absolute Gasteiger partial charge is 0.416 e. The van der Waals surface area contributed by atoms with Gasteiger partial charge in [-0.15, -0.1) is 0 Å². The number of hydrogen-bond acceptors (Lipinski definition) is 6. The number of nitrogens with one attached hydrogen (secondary N) is 1. The summed E-state index contributed by atoms with van der Waals surface area (Å²) in [6.45, 7) is 2.07. The summed E-state index contributed by atoms with van der Waals surface area (Å²) in [5.74, 6) is 0.106. The molecule has 0 aromatic heterocycles. The SMILES string of the molecule is CC1CC(NS(C)(=O)=O)C2COC3CCC(CC3)c3cc(cc(C(F)(F)F)c3)OCCCOC(=O)N12. The number of fused-ring (bicyclic) bond motifs is 8. The molecule has 0 spiro atoms. The molecular formula is C24H33F3N2O6S. The topological polar surface area (TPSA) is 94.2 Å². The van der Waals surface area contributed by atoms with Gasteiger partial charge in [-0.05, 0) is 68.7 Å². The summed E-state index contributed by atoms with van der Waals surface area (Å²) in [5.41, 5.74) is -0.140. The quantitative estimate of drug-likeness (QED) is 0.616. The third-order valence-corrected chi connectivity index (χ3v) is 7.89. The fourth-order valence-electron chi connectivity index (χ4n) is 5.46. The van der Waals surface area contributed by atoms with Gasteiger partial charge in [-0.2, -0.15) is 13.2 Å². The standard InChI is InChI=1S/C24H33F3N2O6S/c1-15-10-21(28-36(2,31)32)22-14-35-19-6-4-16(5-7-19)17-11-18(24(25,26)27)13-20(12-17)33-8-3-9-34-23(30)29(15)22/h11-13,15-16,19,21-22,28H,3-10,14H2,1-2H3. The fraction of sp³-hybridized carbons (Fsp3) is 0.708. The van der Waals surface area contributed by atoms with E-state index in [4.69, 9.17) is 14.2 Å². The monoisotopic (exact) mass is 534 g/mol. The molecule has 12 heteroatoms. The van der Waals surface area contributed by atoms with Gasteiger partial charge in [-0.25, -0.2) is 17.9 Å². The number of carbonyl (C=O) groups is 1. The lowest BCUT2D eigenvalue weighted by atomic mass is 9.82. The molecule has 4 bridgehead atoms. The fourth-order valence-corrected chi connectivity index (χ4v) is 6.26. The zero-order chi connectivity index (χ0) is 26.1. The van der Waals surface area contributed by atoms with Crippen molar-refractivity contribution in [3.63, 3.8) is 0 Å². The van der Waals surface area contributed by atoms with Gasteiger partial charge in [0.05, 0.1) is 43.8 Å². The van der Waals surface area contributed by atoms with Crippen molar-refractivity contribution in [1.82, 2.24) is 9.62 Å². The molecule has 3 aliphatic heterocycles. The highest BCUT2D eigenvalue weighted by Crippen LogP contribution is 2.40. The molecule has 8 nitrogen and oxygen atoms in total. The molecule has 0 radical (unpaired) electrons. The Hall–Kier alpha value is -2.05. The predicted octanol–water partition coefficient (Wildman–Crippen LogP) is 4.05. The molecular weight excluding hydrogens is 501 g/mol. The molecule has 3 heterocycles. The Balaban J connectivity index is 1.55. The molecule has 3 unspecified atom stereocenters. The van der Waals surface area contributed by atoms with E-state index in [1.165, 1.54) is 11.0 Å². The second-order valence-electron chi connectivity index (χ2n) is 9.97. The zero-order valence-electron chi connectivity index (χ0n) is 20.4. The number of benzene rings is 1. The van der Waals surface area contributed by atoms with Crippen molar-refractivity contribution >= 4 is 16.1 Å². The Morgan fingerprint density at radius 1 is 1.06 bits per heavy atom. The van der Waals surface area contributed by atoms with Crippen LogP contribution in [0, 0.1) is 0 Å². The van der Waals surface area contributed by atoms with Crippen molar-refractivity contribution in [2.75, 3.05) is 26.1 Å². The maximum Gasteiger partial charge on any atom is 0.416 e. The lowest BCUT2D eigenvalue weighted by Gasteiger charge is -2.33. The van der Waals surface area contributed by atoms with Crippen molar-refractivity contribution in [2.45, 2.75) is 81.8 Å². The highest BCUT2D eigenvalue weighted by atomic mass is 32.2. The summed E-state index contributed by atoms with van der Waals surface area (Å²) in [6.07, 6.45) is -0.788. The van der Waals surface area contributed by atoms with Crippen LogP contribution in [-0.2, 0) is 25.7 Å². The van der Waals surface area contributed by atoms with Crippen molar-refractivity contribution in [3.05, 3.63) is 29.3 Å². The third-order valence-electron chi connectivity index (χ3n) is 7.16. The summed E-state index contributed by atoms with van der Waals surface area (Å²) in [6, 6.07) is 2.58. The molecule has 1 amide bonds. The molecule has 3 atom stereocenters. The Morgan fingerprint density at radius 3 is 2.42 bits per heavy atom.